The lowest BCUT2D eigenvalue weighted by Crippen LogP contribution is -1.89. The molecule has 0 amide bonds. The zero-order valence-electron chi connectivity index (χ0n) is 8.20. The maximum atomic E-state index is 5.42. The van der Waals surface area contributed by atoms with Crippen LogP contribution in [0, 0.1) is 0 Å². The summed E-state index contributed by atoms with van der Waals surface area (Å²) >= 11 is 5.42. The van der Waals surface area contributed by atoms with E-state index in [0.717, 1.165) is 6.42 Å². The minimum absolute atomic E-state index is 0.313. The number of unbranched alkanes of at least 4 members (excludes halogenated alkanes) is 2. The van der Waals surface area contributed by atoms with Gasteiger partial charge in [-0.05, 0) is 12.0 Å². The quantitative estimate of drug-likeness (QED) is 0.604. The topological polar surface area (TPSA) is 0 Å². The number of hydrogen-bond acceptors (Lipinski definition) is 0. The summed E-state index contributed by atoms with van der Waals surface area (Å²) in [5, 5.41) is 0.313. The number of rotatable bonds is 5. The molecule has 0 aliphatic heterocycles. The molecule has 1 aromatic carbocycles. The third-order valence-corrected chi connectivity index (χ3v) is 2.75. The van der Waals surface area contributed by atoms with Gasteiger partial charge in [-0.15, -0.1) is 0 Å². The first-order chi connectivity index (χ1) is 6.34. The second-order valence-corrected chi connectivity index (χ2v) is 3.96. The molecule has 0 N–H and O–H groups in total. The number of benzene rings is 1. The fourth-order valence-corrected chi connectivity index (χ4v) is 1.74. The van der Waals surface area contributed by atoms with Gasteiger partial charge in [-0.1, -0.05) is 69.1 Å². The van der Waals surface area contributed by atoms with Crippen LogP contribution in [0.3, 0.4) is 0 Å². The van der Waals surface area contributed by atoms with E-state index in [1.807, 2.05) is 6.07 Å². The highest BCUT2D eigenvalue weighted by atomic mass is 32.1. The molecule has 0 spiro atoms. The van der Waals surface area contributed by atoms with E-state index in [1.165, 1.54) is 24.8 Å². The second kappa shape index (κ2) is 6.09. The van der Waals surface area contributed by atoms with Crippen LogP contribution < -0.4 is 0 Å². The van der Waals surface area contributed by atoms with Crippen LogP contribution in [-0.2, 0) is 0 Å². The molecule has 1 radical (unpaired) electrons. The molecule has 1 heteroatoms. The Morgan fingerprint density at radius 3 is 2.46 bits per heavy atom. The van der Waals surface area contributed by atoms with Crippen molar-refractivity contribution in [2.45, 2.75) is 37.9 Å². The molecule has 1 aromatic rings. The normalized spacial score (nSPS) is 12.8. The molecule has 0 saturated carbocycles. The Labute approximate surface area is 86.8 Å². The van der Waals surface area contributed by atoms with Crippen molar-refractivity contribution < 1.29 is 0 Å². The van der Waals surface area contributed by atoms with Gasteiger partial charge in [-0.25, -0.2) is 0 Å². The van der Waals surface area contributed by atoms with E-state index in [1.54, 1.807) is 0 Å². The maximum Gasteiger partial charge on any atom is 0.0401 e. The van der Waals surface area contributed by atoms with E-state index in [9.17, 15) is 0 Å². The van der Waals surface area contributed by atoms with Gasteiger partial charge in [0.1, 0.15) is 0 Å². The number of hydrogen-bond donors (Lipinski definition) is 0. The van der Waals surface area contributed by atoms with Crippen molar-refractivity contribution in [3.05, 3.63) is 35.9 Å². The molecule has 1 rings (SSSR count). The van der Waals surface area contributed by atoms with Crippen molar-refractivity contribution in [3.8, 4) is 0 Å². The Kier molecular flexibility index (Phi) is 4.99. The van der Waals surface area contributed by atoms with Crippen LogP contribution in [-0.4, -0.2) is 0 Å². The van der Waals surface area contributed by atoms with Gasteiger partial charge in [0.05, 0.1) is 0 Å². The Morgan fingerprint density at radius 1 is 1.15 bits per heavy atom. The van der Waals surface area contributed by atoms with E-state index in [4.69, 9.17) is 12.6 Å². The molecule has 1 unspecified atom stereocenters. The summed E-state index contributed by atoms with van der Waals surface area (Å²) in [6.07, 6.45) is 4.99. The first kappa shape index (κ1) is 10.6. The lowest BCUT2D eigenvalue weighted by molar-refractivity contribution is 0.661. The van der Waals surface area contributed by atoms with Crippen molar-refractivity contribution in [1.29, 1.82) is 0 Å². The highest BCUT2D eigenvalue weighted by molar-refractivity contribution is 7.80. The molecule has 0 saturated heterocycles. The van der Waals surface area contributed by atoms with Crippen molar-refractivity contribution in [3.63, 3.8) is 0 Å². The largest absolute Gasteiger partial charge is 0.0853 e. The van der Waals surface area contributed by atoms with Crippen LogP contribution in [0.1, 0.15) is 43.4 Å². The van der Waals surface area contributed by atoms with Crippen LogP contribution in [0.5, 0.6) is 0 Å². The standard InChI is InChI=1S/C12H17S/c1-2-3-5-10-12(13)11-8-6-4-7-9-11/h4,6-9,12H,2-3,5,10H2,1H3. The van der Waals surface area contributed by atoms with Gasteiger partial charge in [0.15, 0.2) is 0 Å². The summed E-state index contributed by atoms with van der Waals surface area (Å²) in [4.78, 5) is 0. The molecule has 0 nitrogen and oxygen atoms in total. The minimum Gasteiger partial charge on any atom is -0.0853 e. The molecule has 0 aromatic heterocycles. The van der Waals surface area contributed by atoms with Gasteiger partial charge in [-0.2, -0.15) is 0 Å². The molecule has 0 bridgehead atoms. The molecule has 13 heavy (non-hydrogen) atoms. The summed E-state index contributed by atoms with van der Waals surface area (Å²) in [7, 11) is 0. The Morgan fingerprint density at radius 2 is 1.85 bits per heavy atom. The van der Waals surface area contributed by atoms with Crippen LogP contribution in [0.15, 0.2) is 30.3 Å². The summed E-state index contributed by atoms with van der Waals surface area (Å²) < 4.78 is 0. The maximum absolute atomic E-state index is 5.42. The summed E-state index contributed by atoms with van der Waals surface area (Å²) in [6.45, 7) is 2.22. The predicted molar refractivity (Wildman–Crippen MR) is 60.9 cm³/mol. The van der Waals surface area contributed by atoms with E-state index < -0.39 is 0 Å². The molecular weight excluding hydrogens is 176 g/mol. The lowest BCUT2D eigenvalue weighted by atomic mass is 10.1. The van der Waals surface area contributed by atoms with Crippen molar-refractivity contribution in [1.82, 2.24) is 0 Å². The van der Waals surface area contributed by atoms with Gasteiger partial charge in [0, 0.05) is 5.25 Å². The van der Waals surface area contributed by atoms with Gasteiger partial charge in [-0.3, -0.25) is 0 Å². The summed E-state index contributed by atoms with van der Waals surface area (Å²) in [6, 6.07) is 10.4. The molecule has 0 aliphatic rings. The van der Waals surface area contributed by atoms with Crippen LogP contribution in [0.2, 0.25) is 0 Å². The van der Waals surface area contributed by atoms with Crippen molar-refractivity contribution >= 4 is 12.6 Å². The van der Waals surface area contributed by atoms with Gasteiger partial charge < -0.3 is 0 Å². The first-order valence-electron chi connectivity index (χ1n) is 5.05. The highest BCUT2D eigenvalue weighted by Gasteiger charge is 2.04. The smallest absolute Gasteiger partial charge is 0.0401 e. The average Bonchev–Trinajstić information content (AvgIpc) is 2.19. The summed E-state index contributed by atoms with van der Waals surface area (Å²) in [5.74, 6) is 0. The van der Waals surface area contributed by atoms with E-state index in [2.05, 4.69) is 31.2 Å². The molecule has 0 heterocycles. The van der Waals surface area contributed by atoms with Crippen LogP contribution in [0.25, 0.3) is 0 Å². The Bertz CT molecular complexity index is 218. The van der Waals surface area contributed by atoms with Gasteiger partial charge in [0.2, 0.25) is 0 Å². The highest BCUT2D eigenvalue weighted by Crippen LogP contribution is 2.25. The third-order valence-electron chi connectivity index (χ3n) is 2.24. The summed E-state index contributed by atoms with van der Waals surface area (Å²) in [5.41, 5.74) is 1.30. The van der Waals surface area contributed by atoms with Gasteiger partial charge >= 0.3 is 0 Å². The zero-order chi connectivity index (χ0) is 9.52. The molecule has 0 aliphatic carbocycles. The fraction of sp³-hybridized carbons (Fsp3) is 0.500. The van der Waals surface area contributed by atoms with E-state index in [0.29, 0.717) is 5.25 Å². The zero-order valence-corrected chi connectivity index (χ0v) is 9.02. The van der Waals surface area contributed by atoms with Crippen LogP contribution >= 0.6 is 12.6 Å². The van der Waals surface area contributed by atoms with E-state index in [-0.39, 0.29) is 0 Å². The van der Waals surface area contributed by atoms with Crippen LogP contribution in [0.4, 0.5) is 0 Å². The van der Waals surface area contributed by atoms with E-state index >= 15 is 0 Å². The lowest BCUT2D eigenvalue weighted by Gasteiger charge is -2.08. The Hall–Kier alpha value is -0.430. The fourth-order valence-electron chi connectivity index (χ4n) is 1.41. The second-order valence-electron chi connectivity index (χ2n) is 3.40. The SMILES string of the molecule is CCCCCC([S])c1ccccc1. The molecule has 0 fully saturated rings. The predicted octanol–water partition coefficient (Wildman–Crippen LogP) is 4.51. The average molecular weight is 193 g/mol. The molecule has 1 atom stereocenters. The monoisotopic (exact) mass is 193 g/mol. The first-order valence-corrected chi connectivity index (χ1v) is 5.52. The van der Waals surface area contributed by atoms with Crippen molar-refractivity contribution in [2.24, 2.45) is 0 Å². The Balaban J connectivity index is 2.35. The molecule has 71 valence electrons. The minimum atomic E-state index is 0.313. The van der Waals surface area contributed by atoms with Gasteiger partial charge in [0.25, 0.3) is 0 Å². The van der Waals surface area contributed by atoms with Crippen molar-refractivity contribution in [2.75, 3.05) is 0 Å². The third kappa shape index (κ3) is 3.86. The molecular formula is C12H17S.